The molecule has 1 saturated heterocycles. The van der Waals surface area contributed by atoms with Crippen LogP contribution in [-0.2, 0) is 20.9 Å². The first-order valence-corrected chi connectivity index (χ1v) is 9.10. The van der Waals surface area contributed by atoms with Crippen LogP contribution >= 0.6 is 0 Å². The highest BCUT2D eigenvalue weighted by molar-refractivity contribution is 5.82. The highest BCUT2D eigenvalue weighted by Crippen LogP contribution is 2.26. The van der Waals surface area contributed by atoms with Crippen molar-refractivity contribution in [2.75, 3.05) is 6.61 Å². The van der Waals surface area contributed by atoms with Gasteiger partial charge in [0.2, 0.25) is 6.29 Å². The van der Waals surface area contributed by atoms with Gasteiger partial charge in [-0.25, -0.2) is 9.78 Å². The Kier molecular flexibility index (Phi) is 6.54. The minimum atomic E-state index is -1.60. The molecular weight excluding hydrogens is 388 g/mol. The Hall–Kier alpha value is -2.05. The number of ether oxygens (including phenoxy) is 1. The monoisotopic (exact) mass is 412 g/mol. The van der Waals surface area contributed by atoms with Crippen molar-refractivity contribution >= 4 is 11.0 Å². The number of fused-ring (bicyclic) bond motifs is 1. The lowest BCUT2D eigenvalue weighted by Gasteiger charge is -2.39. The molecule has 1 fully saturated rings. The molecule has 29 heavy (non-hydrogen) atoms. The predicted octanol–water partition coefficient (Wildman–Crippen LogP) is -0.514. The molecule has 0 spiro atoms. The number of aromatic hydroxyl groups is 1. The lowest BCUT2D eigenvalue weighted by Crippen LogP contribution is -2.59. The standard InChI is InChI=1S/C19H24O10/c1-8-4-12(22)15-10(5-11(21)6-13(15)26-8)3-9(2)28-29-19-18(25)17(24)16(23)14(7-20)27-19/h4-6,9,14,16-21,23-25H,3,7H2,1-2H3/t9?,14-,16-,17+,18-,19+/m1/s1. The molecule has 5 N–H and O–H groups in total. The summed E-state index contributed by atoms with van der Waals surface area (Å²) in [6.07, 6.45) is -7.77. The fourth-order valence-electron chi connectivity index (χ4n) is 3.28. The van der Waals surface area contributed by atoms with E-state index >= 15 is 0 Å². The van der Waals surface area contributed by atoms with Gasteiger partial charge >= 0.3 is 0 Å². The van der Waals surface area contributed by atoms with Gasteiger partial charge in [-0.3, -0.25) is 4.79 Å². The molecule has 10 heteroatoms. The summed E-state index contributed by atoms with van der Waals surface area (Å²) in [6.45, 7) is 2.66. The number of phenolic OH excluding ortho intramolecular Hbond substituents is 1. The van der Waals surface area contributed by atoms with E-state index in [1.807, 2.05) is 0 Å². The third kappa shape index (κ3) is 4.59. The summed E-state index contributed by atoms with van der Waals surface area (Å²) in [6, 6.07) is 4.12. The van der Waals surface area contributed by atoms with E-state index in [0.29, 0.717) is 16.7 Å². The second kappa shape index (κ2) is 8.76. The molecule has 0 saturated carbocycles. The summed E-state index contributed by atoms with van der Waals surface area (Å²) in [7, 11) is 0. The summed E-state index contributed by atoms with van der Waals surface area (Å²) in [5, 5.41) is 48.9. The predicted molar refractivity (Wildman–Crippen MR) is 98.0 cm³/mol. The Morgan fingerprint density at radius 3 is 2.55 bits per heavy atom. The zero-order valence-electron chi connectivity index (χ0n) is 15.9. The van der Waals surface area contributed by atoms with E-state index in [0.717, 1.165) is 0 Å². The first-order valence-electron chi connectivity index (χ1n) is 9.10. The van der Waals surface area contributed by atoms with Crippen LogP contribution in [0.2, 0.25) is 0 Å². The molecule has 0 bridgehead atoms. The van der Waals surface area contributed by atoms with Crippen LogP contribution in [0, 0.1) is 6.92 Å². The molecular formula is C19H24O10. The van der Waals surface area contributed by atoms with Crippen molar-refractivity contribution < 1.29 is 44.5 Å². The van der Waals surface area contributed by atoms with Crippen molar-refractivity contribution in [2.45, 2.75) is 57.1 Å². The van der Waals surface area contributed by atoms with Crippen LogP contribution in [0.25, 0.3) is 11.0 Å². The Morgan fingerprint density at radius 2 is 1.86 bits per heavy atom. The fraction of sp³-hybridized carbons (Fsp3) is 0.526. The molecule has 1 unspecified atom stereocenters. The molecule has 2 heterocycles. The fourth-order valence-corrected chi connectivity index (χ4v) is 3.28. The zero-order valence-corrected chi connectivity index (χ0v) is 15.9. The Bertz CT molecular complexity index is 902. The van der Waals surface area contributed by atoms with Gasteiger partial charge in [0.1, 0.15) is 41.5 Å². The Morgan fingerprint density at radius 1 is 1.14 bits per heavy atom. The van der Waals surface area contributed by atoms with Gasteiger partial charge in [0.15, 0.2) is 5.43 Å². The summed E-state index contributed by atoms with van der Waals surface area (Å²) in [4.78, 5) is 22.6. The van der Waals surface area contributed by atoms with Gasteiger partial charge in [-0.05, 0) is 25.5 Å². The number of aliphatic hydroxyl groups is 4. The van der Waals surface area contributed by atoms with Crippen LogP contribution in [0.5, 0.6) is 5.75 Å². The van der Waals surface area contributed by atoms with Gasteiger partial charge in [0.25, 0.3) is 0 Å². The molecule has 3 rings (SSSR count). The molecule has 6 atom stereocenters. The summed E-state index contributed by atoms with van der Waals surface area (Å²) in [5.41, 5.74) is 0.450. The molecule has 0 amide bonds. The normalized spacial score (nSPS) is 28.6. The second-order valence-electron chi connectivity index (χ2n) is 7.10. The average Bonchev–Trinajstić information content (AvgIpc) is 2.64. The van der Waals surface area contributed by atoms with E-state index in [2.05, 4.69) is 0 Å². The van der Waals surface area contributed by atoms with Crippen LogP contribution in [0.4, 0.5) is 0 Å². The van der Waals surface area contributed by atoms with E-state index in [1.54, 1.807) is 13.8 Å². The molecule has 1 aliphatic heterocycles. The molecule has 0 radical (unpaired) electrons. The number of benzene rings is 1. The minimum Gasteiger partial charge on any atom is -0.508 e. The molecule has 0 aliphatic carbocycles. The molecule has 160 valence electrons. The quantitative estimate of drug-likeness (QED) is 0.309. The number of aliphatic hydroxyl groups excluding tert-OH is 4. The Balaban J connectivity index is 1.71. The molecule has 2 aromatic rings. The Labute approximate surface area is 165 Å². The first-order chi connectivity index (χ1) is 13.7. The van der Waals surface area contributed by atoms with E-state index in [4.69, 9.17) is 18.9 Å². The minimum absolute atomic E-state index is 0.0803. The van der Waals surface area contributed by atoms with Gasteiger partial charge in [0, 0.05) is 18.6 Å². The topological polar surface area (TPSA) is 159 Å². The van der Waals surface area contributed by atoms with Crippen molar-refractivity contribution in [3.63, 3.8) is 0 Å². The van der Waals surface area contributed by atoms with Gasteiger partial charge < -0.3 is 34.7 Å². The third-order valence-corrected chi connectivity index (χ3v) is 4.69. The number of phenols is 1. The molecule has 1 aliphatic rings. The lowest BCUT2D eigenvalue weighted by molar-refractivity contribution is -0.437. The van der Waals surface area contributed by atoms with Crippen LogP contribution in [0.3, 0.4) is 0 Å². The number of hydrogen-bond donors (Lipinski definition) is 5. The van der Waals surface area contributed by atoms with E-state index in [-0.39, 0.29) is 23.2 Å². The van der Waals surface area contributed by atoms with Gasteiger partial charge in [0.05, 0.1) is 18.1 Å². The molecule has 1 aromatic carbocycles. The number of rotatable bonds is 6. The van der Waals surface area contributed by atoms with Gasteiger partial charge in [-0.1, -0.05) is 0 Å². The van der Waals surface area contributed by atoms with Gasteiger partial charge in [-0.15, -0.1) is 0 Å². The van der Waals surface area contributed by atoms with Crippen molar-refractivity contribution in [3.05, 3.63) is 39.7 Å². The largest absolute Gasteiger partial charge is 0.508 e. The number of hydrogen-bond acceptors (Lipinski definition) is 10. The zero-order chi connectivity index (χ0) is 21.3. The van der Waals surface area contributed by atoms with Crippen LogP contribution in [0.1, 0.15) is 18.2 Å². The summed E-state index contributed by atoms with van der Waals surface area (Å²) < 4.78 is 10.7. The maximum Gasteiger partial charge on any atom is 0.220 e. The summed E-state index contributed by atoms with van der Waals surface area (Å²) >= 11 is 0. The smallest absolute Gasteiger partial charge is 0.220 e. The maximum atomic E-state index is 12.4. The van der Waals surface area contributed by atoms with E-state index in [9.17, 15) is 30.3 Å². The highest BCUT2D eigenvalue weighted by Gasteiger charge is 2.44. The van der Waals surface area contributed by atoms with E-state index in [1.165, 1.54) is 18.2 Å². The highest BCUT2D eigenvalue weighted by atomic mass is 17.2. The molecule has 10 nitrogen and oxygen atoms in total. The number of aryl methyl sites for hydroxylation is 1. The molecule has 1 aromatic heterocycles. The maximum absolute atomic E-state index is 12.4. The third-order valence-electron chi connectivity index (χ3n) is 4.69. The lowest BCUT2D eigenvalue weighted by atomic mass is 9.99. The SMILES string of the molecule is Cc1cc(=O)c2c(CC(C)OO[C@@H]3O[C@H](CO)[C@@H](O)[C@H](O)[C@H]3O)cc(O)cc2o1. The van der Waals surface area contributed by atoms with Crippen LogP contribution in [0.15, 0.2) is 27.4 Å². The van der Waals surface area contributed by atoms with Crippen molar-refractivity contribution in [1.29, 1.82) is 0 Å². The van der Waals surface area contributed by atoms with E-state index < -0.39 is 43.4 Å². The van der Waals surface area contributed by atoms with Crippen LogP contribution in [-0.4, -0.2) is 68.9 Å². The second-order valence-corrected chi connectivity index (χ2v) is 7.10. The van der Waals surface area contributed by atoms with Gasteiger partial charge in [-0.2, -0.15) is 0 Å². The first kappa shape index (κ1) is 21.7. The van der Waals surface area contributed by atoms with Crippen molar-refractivity contribution in [3.8, 4) is 5.75 Å². The van der Waals surface area contributed by atoms with Crippen molar-refractivity contribution in [2.24, 2.45) is 0 Å². The van der Waals surface area contributed by atoms with Crippen molar-refractivity contribution in [1.82, 2.24) is 0 Å². The average molecular weight is 412 g/mol. The van der Waals surface area contributed by atoms with Crippen LogP contribution < -0.4 is 5.43 Å². The summed E-state index contributed by atoms with van der Waals surface area (Å²) in [5.74, 6) is 0.331.